The summed E-state index contributed by atoms with van der Waals surface area (Å²) in [5.74, 6) is -2.45. The third-order valence-electron chi connectivity index (χ3n) is 6.45. The Morgan fingerprint density at radius 3 is 2.47 bits per heavy atom. The normalized spacial score (nSPS) is 19.9. The molecule has 12 heteroatoms. The standard InChI is InChI=1S/C22H28FN5O.C2HF3O2/c1-15-20-12-18(23)6-5-16(20)8-11-28(15)22-25-13-17(14-26-22)21(29)27(2)19-4-3-9-24-10-7-19;3-2(4,5)1(6)7/h5-6,12-15,19,24H,3-4,7-11H2,1-2H3;(H,6,7). The van der Waals surface area contributed by atoms with E-state index >= 15 is 0 Å². The Morgan fingerprint density at radius 1 is 1.17 bits per heavy atom. The van der Waals surface area contributed by atoms with Crippen LogP contribution in [-0.2, 0) is 11.2 Å². The second-order valence-electron chi connectivity index (χ2n) is 8.79. The van der Waals surface area contributed by atoms with Crippen molar-refractivity contribution in [3.8, 4) is 0 Å². The molecule has 196 valence electrons. The fourth-order valence-corrected chi connectivity index (χ4v) is 4.40. The summed E-state index contributed by atoms with van der Waals surface area (Å²) < 4.78 is 45.4. The quantitative estimate of drug-likeness (QED) is 0.608. The average Bonchev–Trinajstić information content (AvgIpc) is 3.13. The van der Waals surface area contributed by atoms with Gasteiger partial charge >= 0.3 is 12.1 Å². The van der Waals surface area contributed by atoms with Gasteiger partial charge in [-0.05, 0) is 69.0 Å². The molecule has 1 saturated heterocycles. The first-order valence-corrected chi connectivity index (χ1v) is 11.6. The number of carboxylic acids is 1. The van der Waals surface area contributed by atoms with Crippen LogP contribution in [0.5, 0.6) is 0 Å². The number of halogens is 4. The molecule has 1 fully saturated rings. The number of nitrogens with zero attached hydrogens (tertiary/aromatic N) is 4. The number of fused-ring (bicyclic) bond motifs is 1. The van der Waals surface area contributed by atoms with Gasteiger partial charge in [-0.25, -0.2) is 19.2 Å². The fourth-order valence-electron chi connectivity index (χ4n) is 4.40. The molecule has 0 spiro atoms. The van der Waals surface area contributed by atoms with Gasteiger partial charge in [-0.2, -0.15) is 13.2 Å². The van der Waals surface area contributed by atoms with E-state index in [1.165, 1.54) is 11.6 Å². The molecule has 1 aromatic heterocycles. The molecule has 0 saturated carbocycles. The van der Waals surface area contributed by atoms with Gasteiger partial charge in [0.2, 0.25) is 5.95 Å². The summed E-state index contributed by atoms with van der Waals surface area (Å²) in [6.07, 6.45) is 2.01. The molecular weight excluding hydrogens is 482 g/mol. The number of anilines is 1. The van der Waals surface area contributed by atoms with E-state index in [0.29, 0.717) is 11.5 Å². The summed E-state index contributed by atoms with van der Waals surface area (Å²) in [6, 6.07) is 5.20. The molecule has 8 nitrogen and oxygen atoms in total. The zero-order valence-corrected chi connectivity index (χ0v) is 20.1. The largest absolute Gasteiger partial charge is 0.490 e. The molecule has 2 atom stereocenters. The Morgan fingerprint density at radius 2 is 1.83 bits per heavy atom. The first kappa shape index (κ1) is 27.3. The van der Waals surface area contributed by atoms with E-state index in [2.05, 4.69) is 20.2 Å². The second kappa shape index (κ2) is 11.6. The predicted octanol–water partition coefficient (Wildman–Crippen LogP) is 3.59. The molecule has 1 amide bonds. The number of rotatable bonds is 3. The van der Waals surface area contributed by atoms with Gasteiger partial charge in [0.05, 0.1) is 11.6 Å². The highest BCUT2D eigenvalue weighted by atomic mass is 19.4. The molecule has 36 heavy (non-hydrogen) atoms. The third kappa shape index (κ3) is 6.68. The topological polar surface area (TPSA) is 98.7 Å². The number of amides is 1. The molecule has 1 aromatic carbocycles. The van der Waals surface area contributed by atoms with E-state index < -0.39 is 12.1 Å². The highest BCUT2D eigenvalue weighted by Crippen LogP contribution is 2.32. The van der Waals surface area contributed by atoms with Crippen LogP contribution in [0.4, 0.5) is 23.5 Å². The number of aromatic nitrogens is 2. The van der Waals surface area contributed by atoms with Crippen LogP contribution in [0, 0.1) is 5.82 Å². The molecule has 0 bridgehead atoms. The van der Waals surface area contributed by atoms with Crippen molar-refractivity contribution >= 4 is 17.8 Å². The minimum atomic E-state index is -5.08. The van der Waals surface area contributed by atoms with Gasteiger partial charge < -0.3 is 20.2 Å². The summed E-state index contributed by atoms with van der Waals surface area (Å²) in [4.78, 5) is 34.6. The van der Waals surface area contributed by atoms with Crippen molar-refractivity contribution in [3.05, 3.63) is 53.1 Å². The van der Waals surface area contributed by atoms with E-state index in [9.17, 15) is 22.4 Å². The minimum Gasteiger partial charge on any atom is -0.475 e. The maximum atomic E-state index is 13.7. The van der Waals surface area contributed by atoms with Gasteiger partial charge in [0.1, 0.15) is 5.82 Å². The predicted molar refractivity (Wildman–Crippen MR) is 124 cm³/mol. The van der Waals surface area contributed by atoms with E-state index in [-0.39, 0.29) is 23.8 Å². The van der Waals surface area contributed by atoms with Crippen LogP contribution in [0.1, 0.15) is 53.7 Å². The molecule has 2 aliphatic rings. The van der Waals surface area contributed by atoms with Crippen LogP contribution in [0.25, 0.3) is 0 Å². The molecule has 4 rings (SSSR count). The molecule has 3 heterocycles. The molecule has 2 unspecified atom stereocenters. The van der Waals surface area contributed by atoms with E-state index in [1.54, 1.807) is 18.5 Å². The third-order valence-corrected chi connectivity index (χ3v) is 6.45. The zero-order chi connectivity index (χ0) is 26.5. The molecule has 2 aromatic rings. The number of carboxylic acid groups (broad SMARTS) is 1. The van der Waals surface area contributed by atoms with Crippen molar-refractivity contribution in [1.29, 1.82) is 0 Å². The monoisotopic (exact) mass is 511 g/mol. The first-order valence-electron chi connectivity index (χ1n) is 11.6. The van der Waals surface area contributed by atoms with Crippen molar-refractivity contribution in [3.63, 3.8) is 0 Å². The van der Waals surface area contributed by atoms with Crippen molar-refractivity contribution in [2.24, 2.45) is 0 Å². The maximum absolute atomic E-state index is 13.7. The molecule has 2 aliphatic heterocycles. The molecule has 0 radical (unpaired) electrons. The summed E-state index contributed by atoms with van der Waals surface area (Å²) >= 11 is 0. The van der Waals surface area contributed by atoms with Gasteiger partial charge in [0, 0.05) is 32.0 Å². The van der Waals surface area contributed by atoms with Crippen LogP contribution in [-0.4, -0.2) is 70.8 Å². The lowest BCUT2D eigenvalue weighted by atomic mass is 9.94. The lowest BCUT2D eigenvalue weighted by Gasteiger charge is -2.35. The summed E-state index contributed by atoms with van der Waals surface area (Å²) in [7, 11) is 1.87. The molecule has 2 N–H and O–H groups in total. The highest BCUT2D eigenvalue weighted by molar-refractivity contribution is 5.93. The minimum absolute atomic E-state index is 0.0165. The van der Waals surface area contributed by atoms with Crippen molar-refractivity contribution in [1.82, 2.24) is 20.2 Å². The summed E-state index contributed by atoms with van der Waals surface area (Å²) in [6.45, 7) is 4.75. The Hall–Kier alpha value is -3.28. The smallest absolute Gasteiger partial charge is 0.475 e. The Labute approximate surface area is 206 Å². The number of carbonyl (C=O) groups excluding carboxylic acids is 1. The Kier molecular flexibility index (Phi) is 8.83. The lowest BCUT2D eigenvalue weighted by Crippen LogP contribution is -2.38. The van der Waals surface area contributed by atoms with Crippen molar-refractivity contribution in [2.45, 2.75) is 50.9 Å². The van der Waals surface area contributed by atoms with Crippen LogP contribution >= 0.6 is 0 Å². The van der Waals surface area contributed by atoms with E-state index in [4.69, 9.17) is 9.90 Å². The van der Waals surface area contributed by atoms with Crippen LogP contribution in [0.3, 0.4) is 0 Å². The Bertz CT molecular complexity index is 1060. The number of carbonyl (C=O) groups is 2. The number of benzene rings is 1. The van der Waals surface area contributed by atoms with Crippen molar-refractivity contribution < 1.29 is 32.3 Å². The number of nitrogens with one attached hydrogen (secondary N) is 1. The highest BCUT2D eigenvalue weighted by Gasteiger charge is 2.38. The van der Waals surface area contributed by atoms with Gasteiger partial charge in [-0.3, -0.25) is 4.79 Å². The summed E-state index contributed by atoms with van der Waals surface area (Å²) in [5.41, 5.74) is 2.65. The summed E-state index contributed by atoms with van der Waals surface area (Å²) in [5, 5.41) is 10.5. The molecular formula is C24H29F4N5O3. The first-order chi connectivity index (χ1) is 17.0. The number of hydrogen-bond acceptors (Lipinski definition) is 6. The van der Waals surface area contributed by atoms with Gasteiger partial charge in [0.15, 0.2) is 0 Å². The second-order valence-corrected chi connectivity index (χ2v) is 8.79. The maximum Gasteiger partial charge on any atom is 0.490 e. The number of aliphatic carboxylic acids is 1. The number of alkyl halides is 3. The lowest BCUT2D eigenvalue weighted by molar-refractivity contribution is -0.192. The Balaban J connectivity index is 0.000000454. The van der Waals surface area contributed by atoms with Crippen LogP contribution < -0.4 is 10.2 Å². The van der Waals surface area contributed by atoms with Gasteiger partial charge in [-0.15, -0.1) is 0 Å². The van der Waals surface area contributed by atoms with Gasteiger partial charge in [-0.1, -0.05) is 6.07 Å². The molecule has 0 aliphatic carbocycles. The van der Waals surface area contributed by atoms with Crippen LogP contribution in [0.15, 0.2) is 30.6 Å². The van der Waals surface area contributed by atoms with Gasteiger partial charge in [0.25, 0.3) is 5.91 Å². The van der Waals surface area contributed by atoms with Crippen LogP contribution in [0.2, 0.25) is 0 Å². The average molecular weight is 512 g/mol. The van der Waals surface area contributed by atoms with E-state index in [1.807, 2.05) is 24.9 Å². The SMILES string of the molecule is CC1c2cc(F)ccc2CCN1c1ncc(C(=O)N(C)C2CCCNCC2)cn1.O=C(O)C(F)(F)F. The fraction of sp³-hybridized carbons (Fsp3) is 0.500. The van der Waals surface area contributed by atoms with Crippen molar-refractivity contribution in [2.75, 3.05) is 31.6 Å². The zero-order valence-electron chi connectivity index (χ0n) is 20.1. The van der Waals surface area contributed by atoms with E-state index in [0.717, 1.165) is 50.9 Å². The number of hydrogen-bond donors (Lipinski definition) is 2.